The van der Waals surface area contributed by atoms with Crippen molar-refractivity contribution in [2.45, 2.75) is 32.2 Å². The zero-order valence-corrected chi connectivity index (χ0v) is 14.4. The molecule has 136 valence electrons. The zero-order valence-electron chi connectivity index (χ0n) is 14.4. The van der Waals surface area contributed by atoms with Gasteiger partial charge in [0.05, 0.1) is 0 Å². The topological polar surface area (TPSA) is 58.6 Å². The minimum absolute atomic E-state index is 0.0542. The molecule has 0 atom stereocenters. The molecule has 25 heavy (non-hydrogen) atoms. The molecule has 5 nitrogen and oxygen atoms in total. The highest BCUT2D eigenvalue weighted by Gasteiger charge is 2.31. The summed E-state index contributed by atoms with van der Waals surface area (Å²) >= 11 is 0. The van der Waals surface area contributed by atoms with Gasteiger partial charge in [-0.05, 0) is 31.7 Å². The van der Waals surface area contributed by atoms with Gasteiger partial charge in [-0.15, -0.1) is 0 Å². The Kier molecular flexibility index (Phi) is 6.02. The number of halogens is 1. The zero-order chi connectivity index (χ0) is 17.6. The van der Waals surface area contributed by atoms with Crippen LogP contribution in [0.1, 0.15) is 31.2 Å². The standard InChI is InChI=1S/C19H25FN2O3/c20-17-4-2-1-3-16(17)13-21-18(23)14-5-9-22(10-6-14)19(24)15-7-11-25-12-8-15/h1-4,14-15H,5-13H2,(H,21,23). The van der Waals surface area contributed by atoms with E-state index in [1.54, 1.807) is 18.2 Å². The Morgan fingerprint density at radius 3 is 2.44 bits per heavy atom. The lowest BCUT2D eigenvalue weighted by molar-refractivity contribution is -0.141. The first-order valence-electron chi connectivity index (χ1n) is 9.03. The maximum Gasteiger partial charge on any atom is 0.225 e. The van der Waals surface area contributed by atoms with Gasteiger partial charge < -0.3 is 15.0 Å². The van der Waals surface area contributed by atoms with Gasteiger partial charge in [0.2, 0.25) is 11.8 Å². The number of hydrogen-bond donors (Lipinski definition) is 1. The van der Waals surface area contributed by atoms with Crippen molar-refractivity contribution in [1.82, 2.24) is 10.2 Å². The third-order valence-corrected chi connectivity index (χ3v) is 5.16. The van der Waals surface area contributed by atoms with Gasteiger partial charge in [-0.1, -0.05) is 18.2 Å². The molecule has 1 aromatic rings. The summed E-state index contributed by atoms with van der Waals surface area (Å²) in [4.78, 5) is 26.7. The summed E-state index contributed by atoms with van der Waals surface area (Å²) in [5, 5.41) is 2.82. The summed E-state index contributed by atoms with van der Waals surface area (Å²) in [6.07, 6.45) is 2.92. The van der Waals surface area contributed by atoms with Crippen LogP contribution in [0.4, 0.5) is 4.39 Å². The Hall–Kier alpha value is -1.95. The molecule has 6 heteroatoms. The summed E-state index contributed by atoms with van der Waals surface area (Å²) < 4.78 is 18.9. The Morgan fingerprint density at radius 2 is 1.76 bits per heavy atom. The van der Waals surface area contributed by atoms with Gasteiger partial charge in [-0.3, -0.25) is 9.59 Å². The van der Waals surface area contributed by atoms with E-state index >= 15 is 0 Å². The van der Waals surface area contributed by atoms with Gasteiger partial charge in [-0.2, -0.15) is 0 Å². The second kappa shape index (κ2) is 8.43. The molecule has 0 unspecified atom stereocenters. The predicted octanol–water partition coefficient (Wildman–Crippen LogP) is 2.11. The summed E-state index contributed by atoms with van der Waals surface area (Å²) in [6.45, 7) is 2.76. The number of rotatable bonds is 4. The number of ether oxygens (including phenoxy) is 1. The lowest BCUT2D eigenvalue weighted by Crippen LogP contribution is -2.45. The molecule has 2 amide bonds. The average molecular weight is 348 g/mol. The van der Waals surface area contributed by atoms with Crippen LogP contribution >= 0.6 is 0 Å². The van der Waals surface area contributed by atoms with Gasteiger partial charge >= 0.3 is 0 Å². The minimum Gasteiger partial charge on any atom is -0.381 e. The molecule has 0 bridgehead atoms. The van der Waals surface area contributed by atoms with Gasteiger partial charge in [0.25, 0.3) is 0 Å². The number of amides is 2. The van der Waals surface area contributed by atoms with Crippen LogP contribution in [0.15, 0.2) is 24.3 Å². The molecular weight excluding hydrogens is 323 g/mol. The molecule has 2 aliphatic heterocycles. The first kappa shape index (κ1) is 17.9. The van der Waals surface area contributed by atoms with Gasteiger partial charge in [0, 0.05) is 50.2 Å². The number of likely N-dealkylation sites (tertiary alicyclic amines) is 1. The average Bonchev–Trinajstić information content (AvgIpc) is 2.67. The lowest BCUT2D eigenvalue weighted by Gasteiger charge is -2.34. The van der Waals surface area contributed by atoms with Gasteiger partial charge in [-0.25, -0.2) is 4.39 Å². The van der Waals surface area contributed by atoms with Crippen molar-refractivity contribution < 1.29 is 18.7 Å². The smallest absolute Gasteiger partial charge is 0.225 e. The molecular formula is C19H25FN2O3. The summed E-state index contributed by atoms with van der Waals surface area (Å²) in [7, 11) is 0. The minimum atomic E-state index is -0.306. The largest absolute Gasteiger partial charge is 0.381 e. The van der Waals surface area contributed by atoms with E-state index in [1.807, 2.05) is 4.90 Å². The molecule has 1 aromatic carbocycles. The molecule has 2 heterocycles. The van der Waals surface area contributed by atoms with Crippen molar-refractivity contribution in [3.05, 3.63) is 35.6 Å². The molecule has 3 rings (SSSR count). The van der Waals surface area contributed by atoms with E-state index in [2.05, 4.69) is 5.32 Å². The molecule has 2 saturated heterocycles. The summed E-state index contributed by atoms with van der Waals surface area (Å²) in [6, 6.07) is 6.45. The van der Waals surface area contributed by atoms with Crippen LogP contribution < -0.4 is 5.32 Å². The molecule has 0 aromatic heterocycles. The fraction of sp³-hybridized carbons (Fsp3) is 0.579. The third-order valence-electron chi connectivity index (χ3n) is 5.16. The molecule has 1 N–H and O–H groups in total. The lowest BCUT2D eigenvalue weighted by atomic mass is 9.93. The van der Waals surface area contributed by atoms with Crippen molar-refractivity contribution in [2.24, 2.45) is 11.8 Å². The van der Waals surface area contributed by atoms with E-state index in [1.165, 1.54) is 6.07 Å². The van der Waals surface area contributed by atoms with E-state index in [4.69, 9.17) is 4.74 Å². The fourth-order valence-electron chi connectivity index (χ4n) is 3.53. The number of hydrogen-bond acceptors (Lipinski definition) is 3. The van der Waals surface area contributed by atoms with Crippen LogP contribution in [-0.4, -0.2) is 43.0 Å². The van der Waals surface area contributed by atoms with Crippen LogP contribution in [-0.2, 0) is 20.9 Å². The second-order valence-corrected chi connectivity index (χ2v) is 6.80. The highest BCUT2D eigenvalue weighted by Crippen LogP contribution is 2.23. The molecule has 0 spiro atoms. The fourth-order valence-corrected chi connectivity index (χ4v) is 3.53. The van der Waals surface area contributed by atoms with Crippen LogP contribution in [0, 0.1) is 17.7 Å². The van der Waals surface area contributed by atoms with E-state index in [-0.39, 0.29) is 36.0 Å². The molecule has 2 fully saturated rings. The van der Waals surface area contributed by atoms with E-state index in [0.717, 1.165) is 12.8 Å². The number of piperidine rings is 1. The van der Waals surface area contributed by atoms with Crippen LogP contribution in [0.25, 0.3) is 0 Å². The second-order valence-electron chi connectivity index (χ2n) is 6.80. The van der Waals surface area contributed by atoms with Gasteiger partial charge in [0.15, 0.2) is 0 Å². The molecule has 0 saturated carbocycles. The number of nitrogens with zero attached hydrogens (tertiary/aromatic N) is 1. The molecule has 2 aliphatic rings. The Labute approximate surface area is 147 Å². The quantitative estimate of drug-likeness (QED) is 0.907. The molecule has 0 radical (unpaired) electrons. The van der Waals surface area contributed by atoms with Crippen molar-refractivity contribution >= 4 is 11.8 Å². The van der Waals surface area contributed by atoms with Gasteiger partial charge in [0.1, 0.15) is 5.82 Å². The molecule has 0 aliphatic carbocycles. The first-order chi connectivity index (χ1) is 12.1. The highest BCUT2D eigenvalue weighted by molar-refractivity contribution is 5.81. The van der Waals surface area contributed by atoms with Crippen molar-refractivity contribution in [3.63, 3.8) is 0 Å². The van der Waals surface area contributed by atoms with E-state index in [9.17, 15) is 14.0 Å². The summed E-state index contributed by atoms with van der Waals surface area (Å²) in [5.74, 6) is -0.194. The number of nitrogens with one attached hydrogen (secondary N) is 1. The number of benzene rings is 1. The monoisotopic (exact) mass is 348 g/mol. The van der Waals surface area contributed by atoms with E-state index in [0.29, 0.717) is 44.7 Å². The Morgan fingerprint density at radius 1 is 1.08 bits per heavy atom. The Bertz CT molecular complexity index is 608. The highest BCUT2D eigenvalue weighted by atomic mass is 19.1. The maximum atomic E-state index is 13.6. The number of carbonyl (C=O) groups excluding carboxylic acids is 2. The SMILES string of the molecule is O=C(NCc1ccccc1F)C1CCN(C(=O)C2CCOCC2)CC1. The normalized spacial score (nSPS) is 19.6. The van der Waals surface area contributed by atoms with Crippen molar-refractivity contribution in [2.75, 3.05) is 26.3 Å². The number of carbonyl (C=O) groups is 2. The van der Waals surface area contributed by atoms with Crippen LogP contribution in [0.5, 0.6) is 0 Å². The van der Waals surface area contributed by atoms with Crippen molar-refractivity contribution in [1.29, 1.82) is 0 Å². The van der Waals surface area contributed by atoms with Crippen molar-refractivity contribution in [3.8, 4) is 0 Å². The van der Waals surface area contributed by atoms with E-state index < -0.39 is 0 Å². The maximum absolute atomic E-state index is 13.6. The van der Waals surface area contributed by atoms with Crippen LogP contribution in [0.2, 0.25) is 0 Å². The Balaban J connectivity index is 1.44. The third kappa shape index (κ3) is 4.57. The van der Waals surface area contributed by atoms with Crippen LogP contribution in [0.3, 0.4) is 0 Å². The predicted molar refractivity (Wildman–Crippen MR) is 91.1 cm³/mol. The summed E-state index contributed by atoms with van der Waals surface area (Å²) in [5.41, 5.74) is 0.489. The first-order valence-corrected chi connectivity index (χ1v) is 9.03.